The van der Waals surface area contributed by atoms with Crippen molar-refractivity contribution in [3.63, 3.8) is 0 Å². The summed E-state index contributed by atoms with van der Waals surface area (Å²) in [5, 5.41) is 0. The quantitative estimate of drug-likeness (QED) is 0.684. The molecule has 1 heterocycles. The number of hydrogen-bond donors (Lipinski definition) is 1. The van der Waals surface area contributed by atoms with Gasteiger partial charge in [-0.3, -0.25) is 9.59 Å². The molecule has 0 aliphatic carbocycles. The smallest absolute Gasteiger partial charge is 0.311 e. The first-order chi connectivity index (χ1) is 8.18. The minimum absolute atomic E-state index is 0.538. The molecule has 2 amide bonds. The van der Waals surface area contributed by atoms with Crippen LogP contribution in [0.25, 0.3) is 0 Å². The number of rotatable bonds is 1. The molecule has 1 fully saturated rings. The van der Waals surface area contributed by atoms with Crippen molar-refractivity contribution in [2.24, 2.45) is 5.73 Å². The molecule has 0 bridgehead atoms. The van der Waals surface area contributed by atoms with E-state index in [0.29, 0.717) is 13.1 Å². The van der Waals surface area contributed by atoms with Gasteiger partial charge < -0.3 is 15.5 Å². The average molecular weight is 233 g/mol. The predicted molar refractivity (Wildman–Crippen MR) is 64.4 cm³/mol. The van der Waals surface area contributed by atoms with Gasteiger partial charge in [-0.25, -0.2) is 0 Å². The molecule has 0 atom stereocenters. The highest BCUT2D eigenvalue weighted by molar-refractivity contribution is 6.34. The van der Waals surface area contributed by atoms with Crippen LogP contribution in [0, 0.1) is 0 Å². The van der Waals surface area contributed by atoms with Crippen molar-refractivity contribution < 1.29 is 9.59 Å². The van der Waals surface area contributed by atoms with Crippen LogP contribution in [0.4, 0.5) is 5.69 Å². The van der Waals surface area contributed by atoms with E-state index in [1.54, 1.807) is 0 Å². The van der Waals surface area contributed by atoms with Crippen molar-refractivity contribution in [3.05, 3.63) is 30.3 Å². The van der Waals surface area contributed by atoms with Gasteiger partial charge in [0.25, 0.3) is 0 Å². The Morgan fingerprint density at radius 1 is 1.00 bits per heavy atom. The van der Waals surface area contributed by atoms with Crippen LogP contribution in [0.3, 0.4) is 0 Å². The number of para-hydroxylation sites is 1. The maximum atomic E-state index is 11.4. The zero-order chi connectivity index (χ0) is 12.3. The number of hydrogen-bond acceptors (Lipinski definition) is 3. The maximum absolute atomic E-state index is 11.4. The van der Waals surface area contributed by atoms with Gasteiger partial charge in [-0.05, 0) is 12.1 Å². The molecule has 0 radical (unpaired) electrons. The van der Waals surface area contributed by atoms with E-state index in [1.165, 1.54) is 4.90 Å². The summed E-state index contributed by atoms with van der Waals surface area (Å²) in [6.45, 7) is 2.53. The Balaban J connectivity index is 1.95. The van der Waals surface area contributed by atoms with Crippen LogP contribution < -0.4 is 10.6 Å². The van der Waals surface area contributed by atoms with E-state index < -0.39 is 11.8 Å². The third kappa shape index (κ3) is 2.55. The zero-order valence-electron chi connectivity index (χ0n) is 9.50. The molecule has 5 nitrogen and oxygen atoms in total. The third-order valence-electron chi connectivity index (χ3n) is 2.90. The van der Waals surface area contributed by atoms with Crippen LogP contribution in [-0.2, 0) is 9.59 Å². The number of benzene rings is 1. The zero-order valence-corrected chi connectivity index (χ0v) is 9.50. The summed E-state index contributed by atoms with van der Waals surface area (Å²) in [5.74, 6) is -1.46. The molecule has 90 valence electrons. The number of nitrogens with zero attached hydrogens (tertiary/aromatic N) is 2. The first-order valence-electron chi connectivity index (χ1n) is 5.57. The SMILES string of the molecule is NC(=O)C(=O)N1CCN(c2ccccc2)CC1. The second kappa shape index (κ2) is 4.86. The second-order valence-electron chi connectivity index (χ2n) is 3.98. The molecular formula is C12H15N3O2. The Morgan fingerprint density at radius 3 is 2.12 bits per heavy atom. The Morgan fingerprint density at radius 2 is 1.59 bits per heavy atom. The van der Waals surface area contributed by atoms with Crippen LogP contribution in [0.5, 0.6) is 0 Å². The van der Waals surface area contributed by atoms with Crippen LogP contribution in [0.2, 0.25) is 0 Å². The molecular weight excluding hydrogens is 218 g/mol. The number of piperazine rings is 1. The summed E-state index contributed by atoms with van der Waals surface area (Å²) in [6.07, 6.45) is 0. The third-order valence-corrected chi connectivity index (χ3v) is 2.90. The highest BCUT2D eigenvalue weighted by Gasteiger charge is 2.24. The van der Waals surface area contributed by atoms with E-state index in [-0.39, 0.29) is 0 Å². The van der Waals surface area contributed by atoms with Crippen molar-refractivity contribution in [1.82, 2.24) is 4.90 Å². The Bertz CT molecular complexity index is 411. The maximum Gasteiger partial charge on any atom is 0.311 e. The van der Waals surface area contributed by atoms with E-state index in [0.717, 1.165) is 18.8 Å². The van der Waals surface area contributed by atoms with E-state index in [9.17, 15) is 9.59 Å². The minimum Gasteiger partial charge on any atom is -0.368 e. The van der Waals surface area contributed by atoms with E-state index in [4.69, 9.17) is 5.73 Å². The average Bonchev–Trinajstić information content (AvgIpc) is 2.39. The first-order valence-corrected chi connectivity index (χ1v) is 5.57. The Labute approximate surface area is 99.8 Å². The van der Waals surface area contributed by atoms with Crippen LogP contribution in [0.1, 0.15) is 0 Å². The lowest BCUT2D eigenvalue weighted by Gasteiger charge is -2.35. The lowest BCUT2D eigenvalue weighted by molar-refractivity contribution is -0.144. The molecule has 0 aromatic heterocycles. The molecule has 1 aliphatic rings. The predicted octanol–water partition coefficient (Wildman–Crippen LogP) is -0.179. The summed E-state index contributed by atoms with van der Waals surface area (Å²) in [7, 11) is 0. The van der Waals surface area contributed by atoms with E-state index >= 15 is 0 Å². The Kier molecular flexibility index (Phi) is 3.27. The number of amides is 2. The molecule has 0 unspecified atom stereocenters. The molecule has 1 aliphatic heterocycles. The molecule has 1 aromatic rings. The fourth-order valence-electron chi connectivity index (χ4n) is 1.96. The number of carbonyl (C=O) groups excluding carboxylic acids is 2. The number of anilines is 1. The van der Waals surface area contributed by atoms with E-state index in [1.807, 2.05) is 30.3 Å². The molecule has 1 aromatic carbocycles. The van der Waals surface area contributed by atoms with Crippen molar-refractivity contribution >= 4 is 17.5 Å². The number of nitrogens with two attached hydrogens (primary N) is 1. The fraction of sp³-hybridized carbons (Fsp3) is 0.333. The number of primary amides is 1. The van der Waals surface area contributed by atoms with Crippen LogP contribution in [-0.4, -0.2) is 42.9 Å². The molecule has 5 heteroatoms. The lowest BCUT2D eigenvalue weighted by atomic mass is 10.2. The van der Waals surface area contributed by atoms with Crippen LogP contribution in [0.15, 0.2) is 30.3 Å². The summed E-state index contributed by atoms with van der Waals surface area (Å²) < 4.78 is 0. The molecule has 2 N–H and O–H groups in total. The van der Waals surface area contributed by atoms with Crippen LogP contribution >= 0.6 is 0 Å². The largest absolute Gasteiger partial charge is 0.368 e. The van der Waals surface area contributed by atoms with Crippen molar-refractivity contribution in [2.45, 2.75) is 0 Å². The van der Waals surface area contributed by atoms with Crippen molar-refractivity contribution in [3.8, 4) is 0 Å². The second-order valence-corrected chi connectivity index (χ2v) is 3.98. The summed E-state index contributed by atoms with van der Waals surface area (Å²) >= 11 is 0. The Hall–Kier alpha value is -2.04. The van der Waals surface area contributed by atoms with Gasteiger partial charge in [0.1, 0.15) is 0 Å². The van der Waals surface area contributed by atoms with E-state index in [2.05, 4.69) is 4.90 Å². The first kappa shape index (κ1) is 11.4. The lowest BCUT2D eigenvalue weighted by Crippen LogP contribution is -2.51. The van der Waals surface area contributed by atoms with Gasteiger partial charge >= 0.3 is 11.8 Å². The highest BCUT2D eigenvalue weighted by atomic mass is 16.2. The molecule has 0 saturated carbocycles. The van der Waals surface area contributed by atoms with Gasteiger partial charge in [-0.1, -0.05) is 18.2 Å². The highest BCUT2D eigenvalue weighted by Crippen LogP contribution is 2.15. The van der Waals surface area contributed by atoms with Crippen molar-refractivity contribution in [1.29, 1.82) is 0 Å². The standard InChI is InChI=1S/C12H15N3O2/c13-11(16)12(17)15-8-6-14(7-9-15)10-4-2-1-3-5-10/h1-5H,6-9H2,(H2,13,16). The summed E-state index contributed by atoms with van der Waals surface area (Å²) in [6, 6.07) is 10.0. The number of carbonyl (C=O) groups is 2. The monoisotopic (exact) mass is 233 g/mol. The van der Waals surface area contributed by atoms with Gasteiger partial charge in [0, 0.05) is 31.9 Å². The van der Waals surface area contributed by atoms with Gasteiger partial charge in [0.2, 0.25) is 0 Å². The molecule has 1 saturated heterocycles. The normalized spacial score (nSPS) is 15.8. The minimum atomic E-state index is -0.877. The van der Waals surface area contributed by atoms with Crippen molar-refractivity contribution in [2.75, 3.05) is 31.1 Å². The molecule has 0 spiro atoms. The van der Waals surface area contributed by atoms with Gasteiger partial charge in [0.05, 0.1) is 0 Å². The summed E-state index contributed by atoms with van der Waals surface area (Å²) in [4.78, 5) is 25.8. The topological polar surface area (TPSA) is 66.6 Å². The fourth-order valence-corrected chi connectivity index (χ4v) is 1.96. The van der Waals surface area contributed by atoms with Gasteiger partial charge in [-0.15, -0.1) is 0 Å². The molecule has 17 heavy (non-hydrogen) atoms. The van der Waals surface area contributed by atoms with Gasteiger partial charge in [0.15, 0.2) is 0 Å². The van der Waals surface area contributed by atoms with Gasteiger partial charge in [-0.2, -0.15) is 0 Å². The molecule has 2 rings (SSSR count). The summed E-state index contributed by atoms with van der Waals surface area (Å²) in [5.41, 5.74) is 6.11.